The molecular weight excluding hydrogens is 202 g/mol. The molecule has 0 heterocycles. The van der Waals surface area contributed by atoms with E-state index in [1.54, 1.807) is 7.05 Å². The van der Waals surface area contributed by atoms with Crippen LogP contribution >= 0.6 is 0 Å². The van der Waals surface area contributed by atoms with Gasteiger partial charge in [0.05, 0.1) is 0 Å². The number of nitrogens with zero attached hydrogens (tertiary/aromatic N) is 1. The zero-order chi connectivity index (χ0) is 12.6. The van der Waals surface area contributed by atoms with Gasteiger partial charge in [-0.25, -0.2) is 0 Å². The number of nitrogens with one attached hydrogen (secondary N) is 1. The highest BCUT2D eigenvalue weighted by Gasteiger charge is 2.19. The van der Waals surface area contributed by atoms with E-state index in [-0.39, 0.29) is 11.3 Å². The average molecular weight is 229 g/mol. The molecule has 0 atom stereocenters. The zero-order valence-electron chi connectivity index (χ0n) is 11.2. The third-order valence-electron chi connectivity index (χ3n) is 2.81. The van der Waals surface area contributed by atoms with Crippen molar-refractivity contribution in [2.24, 2.45) is 11.1 Å². The van der Waals surface area contributed by atoms with Crippen LogP contribution in [0.15, 0.2) is 0 Å². The molecule has 16 heavy (non-hydrogen) atoms. The Hall–Kier alpha value is -0.610. The fraction of sp³-hybridized carbons (Fsp3) is 0.917. The third-order valence-corrected chi connectivity index (χ3v) is 2.81. The summed E-state index contributed by atoms with van der Waals surface area (Å²) in [6, 6.07) is 0. The summed E-state index contributed by atoms with van der Waals surface area (Å²) in [6.07, 6.45) is 1.52. The molecule has 0 aromatic rings. The van der Waals surface area contributed by atoms with Crippen molar-refractivity contribution >= 4 is 5.91 Å². The Labute approximate surface area is 99.6 Å². The Bertz CT molecular complexity index is 204. The summed E-state index contributed by atoms with van der Waals surface area (Å²) in [5.41, 5.74) is 5.87. The van der Waals surface area contributed by atoms with Crippen molar-refractivity contribution in [2.45, 2.75) is 33.6 Å². The number of carbonyl (C=O) groups excluding carboxylic acids is 1. The molecule has 0 aliphatic heterocycles. The Kier molecular flexibility index (Phi) is 7.34. The predicted molar refractivity (Wildman–Crippen MR) is 68.3 cm³/mol. The van der Waals surface area contributed by atoms with E-state index in [0.29, 0.717) is 13.0 Å². The molecule has 0 radical (unpaired) electrons. The van der Waals surface area contributed by atoms with Crippen molar-refractivity contribution in [1.82, 2.24) is 10.2 Å². The maximum absolute atomic E-state index is 11.1. The predicted octanol–water partition coefficient (Wildman–Crippen LogP) is 0.819. The summed E-state index contributed by atoms with van der Waals surface area (Å²) in [6.45, 7) is 10.2. The van der Waals surface area contributed by atoms with E-state index in [2.05, 4.69) is 31.0 Å². The first kappa shape index (κ1) is 15.4. The molecule has 0 aliphatic carbocycles. The van der Waals surface area contributed by atoms with Crippen molar-refractivity contribution in [3.8, 4) is 0 Å². The van der Waals surface area contributed by atoms with E-state index in [1.807, 2.05) is 0 Å². The standard InChI is InChI=1S/C12H27N3O/c1-5-15(10-12(2,3)9-13)8-6-7-11(16)14-4/h5-10,13H2,1-4H3,(H,14,16). The van der Waals surface area contributed by atoms with E-state index >= 15 is 0 Å². The van der Waals surface area contributed by atoms with Crippen molar-refractivity contribution < 1.29 is 4.79 Å². The number of hydrogen-bond acceptors (Lipinski definition) is 3. The molecule has 0 fully saturated rings. The van der Waals surface area contributed by atoms with Crippen LogP contribution in [0.25, 0.3) is 0 Å². The van der Waals surface area contributed by atoms with Gasteiger partial charge >= 0.3 is 0 Å². The second-order valence-electron chi connectivity index (χ2n) is 5.01. The summed E-state index contributed by atoms with van der Waals surface area (Å²) in [7, 11) is 1.68. The average Bonchev–Trinajstić information content (AvgIpc) is 2.27. The van der Waals surface area contributed by atoms with Crippen molar-refractivity contribution in [3.05, 3.63) is 0 Å². The van der Waals surface area contributed by atoms with Gasteiger partial charge < -0.3 is 16.0 Å². The smallest absolute Gasteiger partial charge is 0.219 e. The summed E-state index contributed by atoms with van der Waals surface area (Å²) >= 11 is 0. The van der Waals surface area contributed by atoms with Crippen molar-refractivity contribution in [2.75, 3.05) is 33.2 Å². The molecule has 0 unspecified atom stereocenters. The summed E-state index contributed by atoms with van der Waals surface area (Å²) in [5.74, 6) is 0.120. The Morgan fingerprint density at radius 3 is 2.50 bits per heavy atom. The minimum atomic E-state index is 0.120. The van der Waals surface area contributed by atoms with Gasteiger partial charge in [-0.05, 0) is 31.5 Å². The largest absolute Gasteiger partial charge is 0.359 e. The fourth-order valence-corrected chi connectivity index (χ4v) is 1.61. The quantitative estimate of drug-likeness (QED) is 0.648. The molecule has 1 amide bonds. The Balaban J connectivity index is 3.88. The van der Waals surface area contributed by atoms with Crippen LogP contribution in [0.1, 0.15) is 33.6 Å². The van der Waals surface area contributed by atoms with Crippen LogP contribution in [0, 0.1) is 5.41 Å². The first-order chi connectivity index (χ1) is 7.45. The van der Waals surface area contributed by atoms with E-state index < -0.39 is 0 Å². The third kappa shape index (κ3) is 6.80. The molecule has 0 aromatic carbocycles. The monoisotopic (exact) mass is 229 g/mol. The fourth-order valence-electron chi connectivity index (χ4n) is 1.61. The van der Waals surface area contributed by atoms with E-state index in [9.17, 15) is 4.79 Å². The van der Waals surface area contributed by atoms with Gasteiger partial charge in [-0.1, -0.05) is 20.8 Å². The zero-order valence-corrected chi connectivity index (χ0v) is 11.2. The van der Waals surface area contributed by atoms with Crippen molar-refractivity contribution in [1.29, 1.82) is 0 Å². The van der Waals surface area contributed by atoms with Gasteiger partial charge in [0.15, 0.2) is 0 Å². The van der Waals surface area contributed by atoms with Gasteiger partial charge in [-0.15, -0.1) is 0 Å². The van der Waals surface area contributed by atoms with E-state index in [1.165, 1.54) is 0 Å². The summed E-state index contributed by atoms with van der Waals surface area (Å²) in [4.78, 5) is 13.4. The number of carbonyl (C=O) groups is 1. The molecule has 0 rings (SSSR count). The molecule has 3 N–H and O–H groups in total. The number of rotatable bonds is 8. The molecule has 0 saturated carbocycles. The van der Waals surface area contributed by atoms with E-state index in [4.69, 9.17) is 5.73 Å². The Morgan fingerprint density at radius 2 is 2.06 bits per heavy atom. The van der Waals surface area contributed by atoms with Crippen LogP contribution in [0.4, 0.5) is 0 Å². The van der Waals surface area contributed by atoms with Gasteiger partial charge in [0.2, 0.25) is 5.91 Å². The highest BCUT2D eigenvalue weighted by molar-refractivity contribution is 5.75. The number of hydrogen-bond donors (Lipinski definition) is 2. The lowest BCUT2D eigenvalue weighted by Crippen LogP contribution is -2.39. The molecule has 96 valence electrons. The first-order valence-corrected chi connectivity index (χ1v) is 6.08. The topological polar surface area (TPSA) is 58.4 Å². The van der Waals surface area contributed by atoms with Crippen LogP contribution in [-0.2, 0) is 4.79 Å². The summed E-state index contributed by atoms with van der Waals surface area (Å²) in [5, 5.41) is 2.64. The van der Waals surface area contributed by atoms with E-state index in [0.717, 1.165) is 26.1 Å². The van der Waals surface area contributed by atoms with Gasteiger partial charge in [0.1, 0.15) is 0 Å². The van der Waals surface area contributed by atoms with Crippen LogP contribution in [0.2, 0.25) is 0 Å². The second-order valence-corrected chi connectivity index (χ2v) is 5.01. The van der Waals surface area contributed by atoms with Crippen molar-refractivity contribution in [3.63, 3.8) is 0 Å². The lowest BCUT2D eigenvalue weighted by atomic mass is 9.93. The lowest BCUT2D eigenvalue weighted by molar-refractivity contribution is -0.120. The lowest BCUT2D eigenvalue weighted by Gasteiger charge is -2.30. The SMILES string of the molecule is CCN(CCCC(=O)NC)CC(C)(C)CN. The molecule has 0 saturated heterocycles. The van der Waals surface area contributed by atoms with Crippen LogP contribution in [0.5, 0.6) is 0 Å². The second kappa shape index (κ2) is 7.63. The minimum Gasteiger partial charge on any atom is -0.359 e. The molecular formula is C12H27N3O. The van der Waals surface area contributed by atoms with Gasteiger partial charge in [-0.3, -0.25) is 4.79 Å². The first-order valence-electron chi connectivity index (χ1n) is 6.08. The van der Waals surface area contributed by atoms with Gasteiger partial charge in [0, 0.05) is 20.0 Å². The highest BCUT2D eigenvalue weighted by Crippen LogP contribution is 2.14. The molecule has 4 heteroatoms. The molecule has 0 aromatic heterocycles. The van der Waals surface area contributed by atoms with Crippen LogP contribution in [0.3, 0.4) is 0 Å². The Morgan fingerprint density at radius 1 is 1.44 bits per heavy atom. The van der Waals surface area contributed by atoms with Gasteiger partial charge in [-0.2, -0.15) is 0 Å². The molecule has 0 spiro atoms. The molecule has 0 aliphatic rings. The van der Waals surface area contributed by atoms with Crippen LogP contribution < -0.4 is 11.1 Å². The number of amides is 1. The maximum Gasteiger partial charge on any atom is 0.219 e. The van der Waals surface area contributed by atoms with Gasteiger partial charge in [0.25, 0.3) is 0 Å². The maximum atomic E-state index is 11.1. The molecule has 0 bridgehead atoms. The molecule has 4 nitrogen and oxygen atoms in total. The normalized spacial score (nSPS) is 11.9. The summed E-state index contributed by atoms with van der Waals surface area (Å²) < 4.78 is 0. The van der Waals surface area contributed by atoms with Crippen LogP contribution in [-0.4, -0.2) is 44.0 Å². The minimum absolute atomic E-state index is 0.120. The number of nitrogens with two attached hydrogens (primary N) is 1. The highest BCUT2D eigenvalue weighted by atomic mass is 16.1.